The summed E-state index contributed by atoms with van der Waals surface area (Å²) in [4.78, 5) is 11.9. The van der Waals surface area contributed by atoms with Crippen LogP contribution in [0.15, 0.2) is 24.3 Å². The smallest absolute Gasteiger partial charge is 0.328 e. The highest BCUT2D eigenvalue weighted by Crippen LogP contribution is 2.24. The van der Waals surface area contributed by atoms with Crippen molar-refractivity contribution in [2.24, 2.45) is 5.41 Å². The number of nitrogens with one attached hydrogen (secondary N) is 1. The van der Waals surface area contributed by atoms with E-state index in [1.54, 1.807) is 25.1 Å². The number of benzene rings is 1. The third kappa shape index (κ3) is 5.28. The Hall–Kier alpha value is -1.58. The predicted octanol–water partition coefficient (Wildman–Crippen LogP) is 3.61. The van der Waals surface area contributed by atoms with E-state index in [9.17, 15) is 9.18 Å². The molecule has 4 heteroatoms. The van der Waals surface area contributed by atoms with Crippen molar-refractivity contribution in [3.63, 3.8) is 0 Å². The lowest BCUT2D eigenvalue weighted by Crippen LogP contribution is -2.35. The van der Waals surface area contributed by atoms with Crippen LogP contribution in [0.25, 0.3) is 0 Å². The molecular formula is C15H22FNO2. The lowest BCUT2D eigenvalue weighted by atomic mass is 9.88. The zero-order valence-electron chi connectivity index (χ0n) is 12.0. The summed E-state index contributed by atoms with van der Waals surface area (Å²) in [6.07, 6.45) is 0.570. The van der Waals surface area contributed by atoms with Gasteiger partial charge in [0.15, 0.2) is 0 Å². The number of carbonyl (C=O) groups is 1. The number of esters is 1. The Bertz CT molecular complexity index is 426. The van der Waals surface area contributed by atoms with Gasteiger partial charge in [-0.1, -0.05) is 32.9 Å². The van der Waals surface area contributed by atoms with E-state index in [-0.39, 0.29) is 17.2 Å². The van der Waals surface area contributed by atoms with Crippen molar-refractivity contribution in [1.82, 2.24) is 0 Å². The lowest BCUT2D eigenvalue weighted by Gasteiger charge is -2.26. The molecule has 3 nitrogen and oxygen atoms in total. The Morgan fingerprint density at radius 1 is 1.37 bits per heavy atom. The number of rotatable bonds is 5. The molecule has 1 atom stereocenters. The highest BCUT2D eigenvalue weighted by atomic mass is 19.1. The second-order valence-electron chi connectivity index (χ2n) is 5.69. The molecule has 1 aromatic rings. The second kappa shape index (κ2) is 6.55. The maximum absolute atomic E-state index is 13.6. The molecule has 0 fully saturated rings. The van der Waals surface area contributed by atoms with Gasteiger partial charge in [0.05, 0.1) is 12.3 Å². The molecule has 0 aliphatic heterocycles. The summed E-state index contributed by atoms with van der Waals surface area (Å²) >= 11 is 0. The van der Waals surface area contributed by atoms with Crippen LogP contribution < -0.4 is 5.32 Å². The summed E-state index contributed by atoms with van der Waals surface area (Å²) in [5.74, 6) is -0.716. The van der Waals surface area contributed by atoms with E-state index in [0.717, 1.165) is 0 Å². The van der Waals surface area contributed by atoms with E-state index in [1.165, 1.54) is 6.07 Å². The molecule has 0 saturated heterocycles. The Labute approximate surface area is 114 Å². The summed E-state index contributed by atoms with van der Waals surface area (Å²) in [6, 6.07) is 5.78. The van der Waals surface area contributed by atoms with Gasteiger partial charge < -0.3 is 10.1 Å². The van der Waals surface area contributed by atoms with Crippen LogP contribution in [-0.2, 0) is 9.53 Å². The largest absolute Gasteiger partial charge is 0.464 e. The van der Waals surface area contributed by atoms with Gasteiger partial charge in [0, 0.05) is 0 Å². The van der Waals surface area contributed by atoms with Crippen molar-refractivity contribution < 1.29 is 13.9 Å². The van der Waals surface area contributed by atoms with Gasteiger partial charge >= 0.3 is 5.97 Å². The Balaban J connectivity index is 2.85. The molecule has 0 heterocycles. The topological polar surface area (TPSA) is 38.3 Å². The molecule has 0 amide bonds. The monoisotopic (exact) mass is 267 g/mol. The summed E-state index contributed by atoms with van der Waals surface area (Å²) in [7, 11) is 0. The Kier molecular flexibility index (Phi) is 5.33. The van der Waals surface area contributed by atoms with Gasteiger partial charge in [0.1, 0.15) is 11.9 Å². The zero-order valence-corrected chi connectivity index (χ0v) is 12.0. The second-order valence-corrected chi connectivity index (χ2v) is 5.69. The number of anilines is 1. The van der Waals surface area contributed by atoms with E-state index in [1.807, 2.05) is 20.8 Å². The summed E-state index contributed by atoms with van der Waals surface area (Å²) in [5.41, 5.74) is 0.264. The predicted molar refractivity (Wildman–Crippen MR) is 74.5 cm³/mol. The van der Waals surface area contributed by atoms with E-state index in [2.05, 4.69) is 5.32 Å². The van der Waals surface area contributed by atoms with Crippen LogP contribution in [0.4, 0.5) is 10.1 Å². The molecule has 19 heavy (non-hydrogen) atoms. The average Bonchev–Trinajstić information content (AvgIpc) is 2.29. The van der Waals surface area contributed by atoms with Gasteiger partial charge in [-0.2, -0.15) is 0 Å². The van der Waals surface area contributed by atoms with Crippen LogP contribution in [0.5, 0.6) is 0 Å². The van der Waals surface area contributed by atoms with E-state index in [4.69, 9.17) is 4.74 Å². The molecule has 1 rings (SSSR count). The quantitative estimate of drug-likeness (QED) is 0.828. The van der Waals surface area contributed by atoms with Crippen LogP contribution in [0.3, 0.4) is 0 Å². The number of para-hydroxylation sites is 1. The minimum absolute atomic E-state index is 0.0598. The molecule has 0 aromatic heterocycles. The average molecular weight is 267 g/mol. The Morgan fingerprint density at radius 3 is 2.53 bits per heavy atom. The van der Waals surface area contributed by atoms with Crippen molar-refractivity contribution in [2.45, 2.75) is 40.2 Å². The fourth-order valence-electron chi connectivity index (χ4n) is 1.81. The van der Waals surface area contributed by atoms with E-state index in [0.29, 0.717) is 18.7 Å². The first-order valence-corrected chi connectivity index (χ1v) is 6.51. The maximum atomic E-state index is 13.6. The molecule has 1 N–H and O–H groups in total. The standard InChI is InChI=1S/C15H22FNO2/c1-5-19-14(18)13(10-15(2,3)4)17-12-9-7-6-8-11(12)16/h6-9,13,17H,5,10H2,1-4H3. The maximum Gasteiger partial charge on any atom is 0.328 e. The van der Waals surface area contributed by atoms with E-state index < -0.39 is 6.04 Å². The molecule has 0 bridgehead atoms. The Morgan fingerprint density at radius 2 is 2.00 bits per heavy atom. The van der Waals surface area contributed by atoms with E-state index >= 15 is 0 Å². The molecule has 1 unspecified atom stereocenters. The first-order chi connectivity index (χ1) is 8.83. The van der Waals surface area contributed by atoms with Crippen molar-refractivity contribution in [2.75, 3.05) is 11.9 Å². The number of hydrogen-bond donors (Lipinski definition) is 1. The third-order valence-electron chi connectivity index (χ3n) is 2.59. The van der Waals surface area contributed by atoms with Crippen molar-refractivity contribution >= 4 is 11.7 Å². The van der Waals surface area contributed by atoms with Crippen LogP contribution in [-0.4, -0.2) is 18.6 Å². The minimum atomic E-state index is -0.545. The summed E-state index contributed by atoms with van der Waals surface area (Å²) in [6.45, 7) is 8.17. The van der Waals surface area contributed by atoms with Crippen LogP contribution in [0.1, 0.15) is 34.1 Å². The first kappa shape index (κ1) is 15.5. The van der Waals surface area contributed by atoms with Crippen LogP contribution in [0.2, 0.25) is 0 Å². The first-order valence-electron chi connectivity index (χ1n) is 6.51. The molecule has 0 saturated carbocycles. The molecule has 0 radical (unpaired) electrons. The molecule has 0 aliphatic carbocycles. The van der Waals surface area contributed by atoms with Crippen LogP contribution >= 0.6 is 0 Å². The SMILES string of the molecule is CCOC(=O)C(CC(C)(C)C)Nc1ccccc1F. The number of hydrogen-bond acceptors (Lipinski definition) is 3. The number of carbonyl (C=O) groups excluding carboxylic acids is 1. The normalized spacial score (nSPS) is 12.9. The summed E-state index contributed by atoms with van der Waals surface area (Å²) < 4.78 is 18.7. The molecule has 0 aliphatic rings. The van der Waals surface area contributed by atoms with Gasteiger partial charge in [0.25, 0.3) is 0 Å². The molecule has 106 valence electrons. The molecule has 1 aromatic carbocycles. The highest BCUT2D eigenvalue weighted by molar-refractivity contribution is 5.79. The third-order valence-corrected chi connectivity index (χ3v) is 2.59. The number of halogens is 1. The van der Waals surface area contributed by atoms with Gasteiger partial charge in [-0.25, -0.2) is 9.18 Å². The van der Waals surface area contributed by atoms with Crippen molar-refractivity contribution in [3.8, 4) is 0 Å². The molecular weight excluding hydrogens is 245 g/mol. The van der Waals surface area contributed by atoms with Crippen molar-refractivity contribution in [3.05, 3.63) is 30.1 Å². The van der Waals surface area contributed by atoms with Gasteiger partial charge in [0.2, 0.25) is 0 Å². The van der Waals surface area contributed by atoms with Crippen LogP contribution in [0, 0.1) is 11.2 Å². The highest BCUT2D eigenvalue weighted by Gasteiger charge is 2.26. The number of ether oxygens (including phenoxy) is 1. The lowest BCUT2D eigenvalue weighted by molar-refractivity contribution is -0.144. The van der Waals surface area contributed by atoms with Gasteiger partial charge in [-0.15, -0.1) is 0 Å². The summed E-state index contributed by atoms with van der Waals surface area (Å²) in [5, 5.41) is 2.94. The van der Waals surface area contributed by atoms with Gasteiger partial charge in [-0.05, 0) is 30.9 Å². The fourth-order valence-corrected chi connectivity index (χ4v) is 1.81. The molecule has 0 spiro atoms. The fraction of sp³-hybridized carbons (Fsp3) is 0.533. The van der Waals surface area contributed by atoms with Gasteiger partial charge in [-0.3, -0.25) is 0 Å². The van der Waals surface area contributed by atoms with Crippen molar-refractivity contribution in [1.29, 1.82) is 0 Å². The zero-order chi connectivity index (χ0) is 14.5. The minimum Gasteiger partial charge on any atom is -0.464 e.